The van der Waals surface area contributed by atoms with E-state index < -0.39 is 5.60 Å². The van der Waals surface area contributed by atoms with Gasteiger partial charge in [-0.2, -0.15) is 0 Å². The van der Waals surface area contributed by atoms with Crippen molar-refractivity contribution in [3.05, 3.63) is 22.4 Å². The van der Waals surface area contributed by atoms with Crippen LogP contribution in [0.4, 0.5) is 0 Å². The topological polar surface area (TPSA) is 29.5 Å². The van der Waals surface area contributed by atoms with Crippen molar-refractivity contribution in [3.63, 3.8) is 0 Å². The summed E-state index contributed by atoms with van der Waals surface area (Å²) in [6.07, 6.45) is 1.63. The Morgan fingerprint density at radius 2 is 2.40 bits per heavy atom. The van der Waals surface area contributed by atoms with Crippen molar-refractivity contribution in [3.8, 4) is 0 Å². The number of ether oxygens (including phenoxy) is 1. The number of thiophene rings is 1. The average molecular weight is 226 g/mol. The van der Waals surface area contributed by atoms with Gasteiger partial charge in [-0.3, -0.25) is 0 Å². The molecule has 0 amide bonds. The second-order valence-electron chi connectivity index (χ2n) is 4.62. The molecule has 1 aliphatic rings. The summed E-state index contributed by atoms with van der Waals surface area (Å²) in [6, 6.07) is 4.02. The zero-order valence-corrected chi connectivity index (χ0v) is 10.1. The lowest BCUT2D eigenvalue weighted by molar-refractivity contribution is -0.119. The largest absolute Gasteiger partial charge is 0.384 e. The zero-order valence-electron chi connectivity index (χ0n) is 9.27. The molecule has 2 nitrogen and oxygen atoms in total. The standard InChI is InChI=1S/C12H18O2S/c1-9(2)10-8-12(13,5-6-14-10)11-4-3-7-15-11/h3-4,7,9-10,13H,5-6,8H2,1-2H3. The number of hydrogen-bond donors (Lipinski definition) is 1. The highest BCUT2D eigenvalue weighted by molar-refractivity contribution is 7.10. The minimum absolute atomic E-state index is 0.186. The van der Waals surface area contributed by atoms with Crippen LogP contribution < -0.4 is 0 Å². The Balaban J connectivity index is 2.15. The summed E-state index contributed by atoms with van der Waals surface area (Å²) < 4.78 is 5.68. The fraction of sp³-hybridized carbons (Fsp3) is 0.667. The average Bonchev–Trinajstić information content (AvgIpc) is 2.71. The first-order valence-electron chi connectivity index (χ1n) is 5.50. The molecule has 0 aliphatic carbocycles. The summed E-state index contributed by atoms with van der Waals surface area (Å²) in [5, 5.41) is 12.6. The molecule has 0 aromatic carbocycles. The maximum Gasteiger partial charge on any atom is 0.103 e. The van der Waals surface area contributed by atoms with E-state index in [1.54, 1.807) is 11.3 Å². The molecule has 1 aromatic heterocycles. The Hall–Kier alpha value is -0.380. The van der Waals surface area contributed by atoms with Crippen molar-refractivity contribution in [1.82, 2.24) is 0 Å². The molecule has 0 spiro atoms. The van der Waals surface area contributed by atoms with E-state index in [2.05, 4.69) is 13.8 Å². The van der Waals surface area contributed by atoms with E-state index in [1.165, 1.54) is 0 Å². The first-order chi connectivity index (χ1) is 7.12. The van der Waals surface area contributed by atoms with Gasteiger partial charge in [0.2, 0.25) is 0 Å². The molecule has 0 saturated carbocycles. The van der Waals surface area contributed by atoms with Crippen LogP contribution in [-0.4, -0.2) is 17.8 Å². The summed E-state index contributed by atoms with van der Waals surface area (Å²) >= 11 is 1.64. The Kier molecular flexibility index (Phi) is 3.14. The molecule has 15 heavy (non-hydrogen) atoms. The van der Waals surface area contributed by atoms with Crippen LogP contribution in [0.15, 0.2) is 17.5 Å². The van der Waals surface area contributed by atoms with Crippen molar-refractivity contribution in [2.75, 3.05) is 6.61 Å². The van der Waals surface area contributed by atoms with Crippen LogP contribution in [-0.2, 0) is 10.3 Å². The van der Waals surface area contributed by atoms with Gasteiger partial charge in [0.05, 0.1) is 12.7 Å². The zero-order chi connectivity index (χ0) is 10.9. The van der Waals surface area contributed by atoms with E-state index in [4.69, 9.17) is 4.74 Å². The van der Waals surface area contributed by atoms with E-state index in [-0.39, 0.29) is 6.10 Å². The molecule has 0 bridgehead atoms. The van der Waals surface area contributed by atoms with Gasteiger partial charge in [0.25, 0.3) is 0 Å². The van der Waals surface area contributed by atoms with Gasteiger partial charge in [-0.05, 0) is 17.4 Å². The lowest BCUT2D eigenvalue weighted by Crippen LogP contribution is -2.40. The molecule has 2 rings (SSSR count). The van der Waals surface area contributed by atoms with Gasteiger partial charge >= 0.3 is 0 Å². The van der Waals surface area contributed by atoms with E-state index in [0.717, 1.165) is 17.7 Å². The van der Waals surface area contributed by atoms with Crippen LogP contribution in [0.5, 0.6) is 0 Å². The molecule has 1 saturated heterocycles. The predicted molar refractivity (Wildman–Crippen MR) is 62.0 cm³/mol. The Labute approximate surface area is 94.9 Å². The lowest BCUT2D eigenvalue weighted by Gasteiger charge is -2.38. The van der Waals surface area contributed by atoms with Gasteiger partial charge in [-0.25, -0.2) is 0 Å². The molecule has 3 heteroatoms. The fourth-order valence-corrected chi connectivity index (χ4v) is 2.93. The lowest BCUT2D eigenvalue weighted by atomic mass is 9.85. The maximum absolute atomic E-state index is 10.6. The van der Waals surface area contributed by atoms with Gasteiger partial charge in [-0.15, -0.1) is 11.3 Å². The van der Waals surface area contributed by atoms with Gasteiger partial charge < -0.3 is 9.84 Å². The molecular weight excluding hydrogens is 208 g/mol. The van der Waals surface area contributed by atoms with E-state index in [1.807, 2.05) is 17.5 Å². The van der Waals surface area contributed by atoms with Crippen molar-refractivity contribution in [1.29, 1.82) is 0 Å². The normalized spacial score (nSPS) is 32.1. The second kappa shape index (κ2) is 4.24. The highest BCUT2D eigenvalue weighted by atomic mass is 32.1. The van der Waals surface area contributed by atoms with E-state index in [0.29, 0.717) is 12.5 Å². The van der Waals surface area contributed by atoms with Crippen molar-refractivity contribution in [2.24, 2.45) is 5.92 Å². The molecule has 2 atom stereocenters. The van der Waals surface area contributed by atoms with Crippen LogP contribution in [0.25, 0.3) is 0 Å². The smallest absolute Gasteiger partial charge is 0.103 e. The van der Waals surface area contributed by atoms with Crippen LogP contribution in [0.1, 0.15) is 31.6 Å². The summed E-state index contributed by atoms with van der Waals surface area (Å²) in [4.78, 5) is 1.08. The first-order valence-corrected chi connectivity index (χ1v) is 6.38. The monoisotopic (exact) mass is 226 g/mol. The Bertz CT molecular complexity index is 307. The number of hydrogen-bond acceptors (Lipinski definition) is 3. The van der Waals surface area contributed by atoms with Crippen molar-refractivity contribution >= 4 is 11.3 Å². The Morgan fingerprint density at radius 1 is 1.60 bits per heavy atom. The van der Waals surface area contributed by atoms with Crippen molar-refractivity contribution < 1.29 is 9.84 Å². The summed E-state index contributed by atoms with van der Waals surface area (Å²) in [5.74, 6) is 0.469. The van der Waals surface area contributed by atoms with Gasteiger partial charge in [-0.1, -0.05) is 19.9 Å². The molecule has 1 fully saturated rings. The Morgan fingerprint density at radius 3 is 3.00 bits per heavy atom. The molecule has 2 heterocycles. The van der Waals surface area contributed by atoms with Gasteiger partial charge in [0, 0.05) is 17.7 Å². The number of rotatable bonds is 2. The number of aliphatic hydroxyl groups is 1. The van der Waals surface area contributed by atoms with Gasteiger partial charge in [0.1, 0.15) is 5.60 Å². The van der Waals surface area contributed by atoms with Crippen LogP contribution >= 0.6 is 11.3 Å². The second-order valence-corrected chi connectivity index (χ2v) is 5.56. The molecule has 1 N–H and O–H groups in total. The minimum atomic E-state index is -0.651. The summed E-state index contributed by atoms with van der Waals surface area (Å²) in [7, 11) is 0. The third-order valence-corrected chi connectivity index (χ3v) is 4.17. The SMILES string of the molecule is CC(C)C1CC(O)(c2cccs2)CCO1. The highest BCUT2D eigenvalue weighted by Crippen LogP contribution is 2.38. The molecule has 1 aromatic rings. The molecule has 84 valence electrons. The van der Waals surface area contributed by atoms with Crippen LogP contribution in [0.3, 0.4) is 0 Å². The molecule has 0 radical (unpaired) electrons. The maximum atomic E-state index is 10.6. The van der Waals surface area contributed by atoms with E-state index >= 15 is 0 Å². The predicted octanol–water partition coefficient (Wildman–Crippen LogP) is 2.77. The molecular formula is C12H18O2S. The van der Waals surface area contributed by atoms with Crippen LogP contribution in [0, 0.1) is 5.92 Å². The van der Waals surface area contributed by atoms with Gasteiger partial charge in [0.15, 0.2) is 0 Å². The quantitative estimate of drug-likeness (QED) is 0.840. The van der Waals surface area contributed by atoms with E-state index in [9.17, 15) is 5.11 Å². The summed E-state index contributed by atoms with van der Waals surface area (Å²) in [5.41, 5.74) is -0.651. The van der Waals surface area contributed by atoms with Crippen molar-refractivity contribution in [2.45, 2.75) is 38.4 Å². The molecule has 2 unspecified atom stereocenters. The summed E-state index contributed by atoms with van der Waals surface area (Å²) in [6.45, 7) is 4.95. The third kappa shape index (κ3) is 2.25. The highest BCUT2D eigenvalue weighted by Gasteiger charge is 2.38. The fourth-order valence-electron chi connectivity index (χ4n) is 2.07. The molecule has 1 aliphatic heterocycles. The third-order valence-electron chi connectivity index (χ3n) is 3.11. The minimum Gasteiger partial charge on any atom is -0.384 e. The first kappa shape index (κ1) is 11.1. The van der Waals surface area contributed by atoms with Crippen LogP contribution in [0.2, 0.25) is 0 Å².